The van der Waals surface area contributed by atoms with Crippen LogP contribution in [0.15, 0.2) is 51.8 Å². The van der Waals surface area contributed by atoms with E-state index in [9.17, 15) is 18.5 Å². The second-order valence-electron chi connectivity index (χ2n) is 5.48. The van der Waals surface area contributed by atoms with Crippen molar-refractivity contribution in [1.82, 2.24) is 4.31 Å². The summed E-state index contributed by atoms with van der Waals surface area (Å²) in [5.74, 6) is 0.754. The molecular weight excluding hydrogens is 444 g/mol. The summed E-state index contributed by atoms with van der Waals surface area (Å²) in [6.45, 7) is 0.341. The van der Waals surface area contributed by atoms with Crippen molar-refractivity contribution in [2.45, 2.75) is 10.3 Å². The molecule has 1 fully saturated rings. The summed E-state index contributed by atoms with van der Waals surface area (Å²) in [5.41, 5.74) is 0.374. The van der Waals surface area contributed by atoms with E-state index in [4.69, 9.17) is 4.74 Å². The van der Waals surface area contributed by atoms with Gasteiger partial charge in [-0.3, -0.25) is 10.1 Å². The average Bonchev–Trinajstić information content (AvgIpc) is 3.12. The molecule has 7 nitrogen and oxygen atoms in total. The van der Waals surface area contributed by atoms with E-state index < -0.39 is 20.3 Å². The summed E-state index contributed by atoms with van der Waals surface area (Å²) in [5, 5.41) is 10.7. The van der Waals surface area contributed by atoms with Crippen LogP contribution in [0.1, 0.15) is 10.9 Å². The van der Waals surface area contributed by atoms with E-state index in [1.807, 2.05) is 0 Å². The largest absolute Gasteiger partial charge is 0.490 e. The van der Waals surface area contributed by atoms with Crippen molar-refractivity contribution in [2.75, 3.05) is 19.4 Å². The van der Waals surface area contributed by atoms with E-state index in [-0.39, 0.29) is 16.3 Å². The van der Waals surface area contributed by atoms with Gasteiger partial charge in [0.25, 0.3) is 0 Å². The minimum Gasteiger partial charge on any atom is -0.490 e. The monoisotopic (exact) mass is 458 g/mol. The molecule has 0 spiro atoms. The maximum absolute atomic E-state index is 13.0. The fraction of sp³-hybridized carbons (Fsp3) is 0.250. The highest BCUT2D eigenvalue weighted by atomic mass is 79.9. The van der Waals surface area contributed by atoms with Crippen LogP contribution in [0.2, 0.25) is 0 Å². The van der Waals surface area contributed by atoms with Gasteiger partial charge in [-0.25, -0.2) is 8.42 Å². The molecule has 1 atom stereocenters. The Labute approximate surface area is 163 Å². The molecule has 0 N–H and O–H groups in total. The van der Waals surface area contributed by atoms with Gasteiger partial charge in [0.05, 0.1) is 22.3 Å². The number of ether oxygens (including phenoxy) is 1. The van der Waals surface area contributed by atoms with Crippen LogP contribution in [0, 0.1) is 10.1 Å². The Morgan fingerprint density at radius 1 is 1.27 bits per heavy atom. The molecule has 0 bridgehead atoms. The van der Waals surface area contributed by atoms with Gasteiger partial charge in [0.15, 0.2) is 5.75 Å². The minimum atomic E-state index is -3.71. The molecule has 2 aromatic rings. The van der Waals surface area contributed by atoms with Gasteiger partial charge in [-0.2, -0.15) is 4.31 Å². The number of halogens is 1. The van der Waals surface area contributed by atoms with Gasteiger partial charge in [-0.05, 0) is 35.9 Å². The molecular formula is C16H15BrN2O5S2. The quantitative estimate of drug-likeness (QED) is 0.499. The molecule has 0 radical (unpaired) electrons. The molecule has 10 heteroatoms. The van der Waals surface area contributed by atoms with Crippen LogP contribution in [-0.4, -0.2) is 37.1 Å². The zero-order chi connectivity index (χ0) is 18.9. The lowest BCUT2D eigenvalue weighted by Crippen LogP contribution is -2.30. The van der Waals surface area contributed by atoms with Crippen molar-refractivity contribution in [3.8, 4) is 5.75 Å². The van der Waals surface area contributed by atoms with E-state index in [2.05, 4.69) is 15.9 Å². The number of nitro benzene ring substituents is 1. The fourth-order valence-corrected chi connectivity index (χ4v) is 6.20. The van der Waals surface area contributed by atoms with Crippen LogP contribution in [0.3, 0.4) is 0 Å². The summed E-state index contributed by atoms with van der Waals surface area (Å²) < 4.78 is 33.2. The van der Waals surface area contributed by atoms with E-state index in [1.54, 1.807) is 18.2 Å². The summed E-state index contributed by atoms with van der Waals surface area (Å²) in [7, 11) is -2.35. The van der Waals surface area contributed by atoms with Crippen molar-refractivity contribution in [3.63, 3.8) is 0 Å². The van der Waals surface area contributed by atoms with Crippen LogP contribution in [-0.2, 0) is 10.0 Å². The maximum atomic E-state index is 13.0. The lowest BCUT2D eigenvalue weighted by molar-refractivity contribution is -0.385. The molecule has 1 aliphatic heterocycles. The van der Waals surface area contributed by atoms with Crippen LogP contribution in [0.4, 0.5) is 5.69 Å². The molecule has 1 saturated heterocycles. The van der Waals surface area contributed by atoms with Gasteiger partial charge in [0, 0.05) is 22.8 Å². The summed E-state index contributed by atoms with van der Waals surface area (Å²) in [4.78, 5) is 10.9. The number of thioether (sulfide) groups is 1. The van der Waals surface area contributed by atoms with E-state index >= 15 is 0 Å². The molecule has 0 aromatic heterocycles. The average molecular weight is 459 g/mol. The Morgan fingerprint density at radius 3 is 2.58 bits per heavy atom. The first kappa shape index (κ1) is 19.2. The first-order valence-corrected chi connectivity index (χ1v) is 10.8. The normalized spacial score (nSPS) is 18.0. The summed E-state index contributed by atoms with van der Waals surface area (Å²) >= 11 is 4.73. The fourth-order valence-electron chi connectivity index (χ4n) is 2.71. The first-order valence-electron chi connectivity index (χ1n) is 7.56. The van der Waals surface area contributed by atoms with Gasteiger partial charge < -0.3 is 4.74 Å². The zero-order valence-corrected chi connectivity index (χ0v) is 16.9. The molecule has 138 valence electrons. The number of nitrogens with zero attached hydrogens (tertiary/aromatic N) is 2. The third kappa shape index (κ3) is 3.59. The number of nitro groups is 1. The molecule has 1 aliphatic rings. The van der Waals surface area contributed by atoms with Crippen LogP contribution in [0.5, 0.6) is 5.75 Å². The number of hydrogen-bond donors (Lipinski definition) is 0. The highest BCUT2D eigenvalue weighted by Gasteiger charge is 2.37. The predicted molar refractivity (Wildman–Crippen MR) is 103 cm³/mol. The van der Waals surface area contributed by atoms with Crippen molar-refractivity contribution in [1.29, 1.82) is 0 Å². The topological polar surface area (TPSA) is 89.8 Å². The standard InChI is InChI=1S/C16H15BrN2O5S2/c1-24-15-7-2-11(10-14(15)19(20)21)16-18(8-9-25-16)26(22,23)13-5-3-12(17)4-6-13/h2-7,10,16H,8-9H2,1H3. The molecule has 26 heavy (non-hydrogen) atoms. The Bertz CT molecular complexity index is 934. The van der Waals surface area contributed by atoms with Crippen LogP contribution in [0.25, 0.3) is 0 Å². The predicted octanol–water partition coefficient (Wildman–Crippen LogP) is 3.80. The van der Waals surface area contributed by atoms with Crippen molar-refractivity contribution in [3.05, 3.63) is 62.6 Å². The van der Waals surface area contributed by atoms with Crippen LogP contribution >= 0.6 is 27.7 Å². The maximum Gasteiger partial charge on any atom is 0.311 e. The number of hydrogen-bond acceptors (Lipinski definition) is 6. The molecule has 3 rings (SSSR count). The van der Waals surface area contributed by atoms with E-state index in [0.29, 0.717) is 17.9 Å². The molecule has 1 heterocycles. The van der Waals surface area contributed by atoms with E-state index in [0.717, 1.165) is 4.47 Å². The Hall–Kier alpha value is -1.62. The Balaban J connectivity index is 1.99. The van der Waals surface area contributed by atoms with Crippen molar-refractivity contribution < 1.29 is 18.1 Å². The number of benzene rings is 2. The number of sulfonamides is 1. The Kier molecular flexibility index (Phi) is 5.56. The molecule has 0 saturated carbocycles. The first-order chi connectivity index (χ1) is 12.3. The second kappa shape index (κ2) is 7.55. The lowest BCUT2D eigenvalue weighted by atomic mass is 10.2. The highest BCUT2D eigenvalue weighted by molar-refractivity contribution is 9.10. The molecule has 0 amide bonds. The van der Waals surface area contributed by atoms with Gasteiger partial charge in [0.1, 0.15) is 0 Å². The van der Waals surface area contributed by atoms with Gasteiger partial charge in [-0.1, -0.05) is 22.0 Å². The number of rotatable bonds is 5. The van der Waals surface area contributed by atoms with Crippen molar-refractivity contribution in [2.24, 2.45) is 0 Å². The minimum absolute atomic E-state index is 0.143. The summed E-state index contributed by atoms with van der Waals surface area (Å²) in [6.07, 6.45) is 0. The summed E-state index contributed by atoms with van der Waals surface area (Å²) in [6, 6.07) is 11.0. The molecule has 2 aromatic carbocycles. The molecule has 0 aliphatic carbocycles. The highest BCUT2D eigenvalue weighted by Crippen LogP contribution is 2.43. The second-order valence-corrected chi connectivity index (χ2v) is 9.48. The van der Waals surface area contributed by atoms with Crippen molar-refractivity contribution >= 4 is 43.4 Å². The third-order valence-corrected chi connectivity index (χ3v) is 7.76. The van der Waals surface area contributed by atoms with Gasteiger partial charge in [0.2, 0.25) is 10.0 Å². The lowest BCUT2D eigenvalue weighted by Gasteiger charge is -2.23. The third-order valence-electron chi connectivity index (χ3n) is 3.95. The van der Waals surface area contributed by atoms with Gasteiger partial charge in [-0.15, -0.1) is 11.8 Å². The number of methoxy groups -OCH3 is 1. The Morgan fingerprint density at radius 2 is 1.96 bits per heavy atom. The van der Waals surface area contributed by atoms with E-state index in [1.165, 1.54) is 47.4 Å². The van der Waals surface area contributed by atoms with Gasteiger partial charge >= 0.3 is 5.69 Å². The molecule has 1 unspecified atom stereocenters. The smallest absolute Gasteiger partial charge is 0.311 e. The zero-order valence-electron chi connectivity index (χ0n) is 13.7. The van der Waals surface area contributed by atoms with Crippen LogP contribution < -0.4 is 4.74 Å². The SMILES string of the molecule is COc1ccc(C2SCCN2S(=O)(=O)c2ccc(Br)cc2)cc1[N+](=O)[O-].